The number of nitrogens with zero attached hydrogens (tertiary/aromatic N) is 1. The zero-order valence-corrected chi connectivity index (χ0v) is 17.4. The zero-order chi connectivity index (χ0) is 20.9. The Morgan fingerprint density at radius 1 is 1.36 bits per heavy atom. The van der Waals surface area contributed by atoms with Crippen molar-refractivity contribution in [3.8, 4) is 6.07 Å². The molecule has 28 heavy (non-hydrogen) atoms. The summed E-state index contributed by atoms with van der Waals surface area (Å²) in [5, 5.41) is 10.1. The molecule has 1 aromatic carbocycles. The van der Waals surface area contributed by atoms with Gasteiger partial charge in [-0.05, 0) is 32.9 Å². The Kier molecular flexibility index (Phi) is 7.29. The van der Waals surface area contributed by atoms with E-state index in [1.54, 1.807) is 18.2 Å². The summed E-state index contributed by atoms with van der Waals surface area (Å²) in [6, 6.07) is 9.38. The SMILES string of the molecule is [CH]S(O)(c1ccc(C)cc1)[C@@]1(C#N)[C@H](C(OCC)OCC)[C@@H]1/C=C\C(=O)OC. The largest absolute Gasteiger partial charge is 0.466 e. The van der Waals surface area contributed by atoms with Gasteiger partial charge in [-0.1, -0.05) is 34.1 Å². The average molecular weight is 406 g/mol. The Labute approximate surface area is 168 Å². The summed E-state index contributed by atoms with van der Waals surface area (Å²) in [4.78, 5) is 12.1. The number of benzene rings is 1. The van der Waals surface area contributed by atoms with Crippen molar-refractivity contribution in [3.05, 3.63) is 48.2 Å². The molecule has 1 aromatic rings. The van der Waals surface area contributed by atoms with E-state index in [1.807, 2.05) is 32.9 Å². The molecule has 0 aromatic heterocycles. The standard InChI is InChI=1S/C21H27NO5S/c1-6-26-20(27-7-2)19-17(12-13-18(23)25-4)21(19,14-22)28(5,24)16-10-8-15(3)9-11-16/h5,8-13,17,19-20,24H,6-7H2,1-4H3/b13-12-/t17-,19-,21+/m0/s1. The molecule has 1 fully saturated rings. The first-order chi connectivity index (χ1) is 13.3. The van der Waals surface area contributed by atoms with Crippen LogP contribution in [0.3, 0.4) is 0 Å². The molecule has 1 unspecified atom stereocenters. The van der Waals surface area contributed by atoms with Crippen molar-refractivity contribution in [2.45, 2.75) is 36.7 Å². The van der Waals surface area contributed by atoms with Gasteiger partial charge in [0.2, 0.25) is 0 Å². The van der Waals surface area contributed by atoms with Crippen LogP contribution in [0.25, 0.3) is 0 Å². The monoisotopic (exact) mass is 405 g/mol. The van der Waals surface area contributed by atoms with E-state index in [-0.39, 0.29) is 0 Å². The van der Waals surface area contributed by atoms with Crippen LogP contribution < -0.4 is 0 Å². The van der Waals surface area contributed by atoms with Gasteiger partial charge in [0.15, 0.2) is 6.29 Å². The van der Waals surface area contributed by atoms with Gasteiger partial charge in [-0.2, -0.15) is 5.26 Å². The predicted molar refractivity (Wildman–Crippen MR) is 107 cm³/mol. The van der Waals surface area contributed by atoms with E-state index in [9.17, 15) is 14.6 Å². The molecule has 0 spiro atoms. The number of hydrogen-bond acceptors (Lipinski definition) is 6. The third-order valence-electron chi connectivity index (χ3n) is 4.93. The van der Waals surface area contributed by atoms with Gasteiger partial charge in [0.1, 0.15) is 4.75 Å². The summed E-state index contributed by atoms with van der Waals surface area (Å²) in [6.45, 7) is 6.32. The minimum Gasteiger partial charge on any atom is -0.466 e. The maximum absolute atomic E-state index is 11.6. The van der Waals surface area contributed by atoms with Crippen molar-refractivity contribution < 1.29 is 23.6 Å². The highest BCUT2D eigenvalue weighted by molar-refractivity contribution is 8.31. The third-order valence-corrected chi connectivity index (χ3v) is 7.59. The van der Waals surface area contributed by atoms with Crippen LogP contribution in [-0.4, -0.2) is 41.9 Å². The van der Waals surface area contributed by atoms with Crippen molar-refractivity contribution in [2.24, 2.45) is 11.8 Å². The van der Waals surface area contributed by atoms with E-state index >= 15 is 0 Å². The highest BCUT2D eigenvalue weighted by Crippen LogP contribution is 2.78. The molecule has 2 radical (unpaired) electrons. The fourth-order valence-electron chi connectivity index (χ4n) is 3.46. The van der Waals surface area contributed by atoms with Gasteiger partial charge in [0, 0.05) is 42.3 Å². The molecule has 1 saturated carbocycles. The van der Waals surface area contributed by atoms with Gasteiger partial charge in [0.25, 0.3) is 0 Å². The highest BCUT2D eigenvalue weighted by Gasteiger charge is 2.75. The molecular formula is C21H27NO5S. The maximum Gasteiger partial charge on any atom is 0.330 e. The molecule has 1 N–H and O–H groups in total. The Hall–Kier alpha value is -1.85. The summed E-state index contributed by atoms with van der Waals surface area (Å²) in [6.07, 6.45) is 8.52. The molecule has 1 aliphatic rings. The summed E-state index contributed by atoms with van der Waals surface area (Å²) in [7, 11) is -1.78. The molecule has 0 amide bonds. The van der Waals surface area contributed by atoms with Gasteiger partial charge in [0.05, 0.1) is 13.2 Å². The number of carbonyl (C=O) groups excluding carboxylic acids is 1. The Bertz CT molecular complexity index is 749. The van der Waals surface area contributed by atoms with Crippen LogP contribution in [0.5, 0.6) is 0 Å². The lowest BCUT2D eigenvalue weighted by Crippen LogP contribution is -2.28. The lowest BCUT2D eigenvalue weighted by Gasteiger charge is -2.36. The summed E-state index contributed by atoms with van der Waals surface area (Å²) < 4.78 is 26.1. The number of nitriles is 1. The lowest BCUT2D eigenvalue weighted by atomic mass is 10.2. The highest BCUT2D eigenvalue weighted by atomic mass is 32.3. The number of methoxy groups -OCH3 is 1. The number of esters is 1. The minimum atomic E-state index is -3.05. The van der Waals surface area contributed by atoms with Crippen LogP contribution in [0.2, 0.25) is 0 Å². The van der Waals surface area contributed by atoms with Gasteiger partial charge in [-0.3, -0.25) is 0 Å². The van der Waals surface area contributed by atoms with Crippen LogP contribution in [0.15, 0.2) is 41.3 Å². The second-order valence-electron chi connectivity index (χ2n) is 6.56. The zero-order valence-electron chi connectivity index (χ0n) is 16.6. The van der Waals surface area contributed by atoms with E-state index in [4.69, 9.17) is 15.7 Å². The predicted octanol–water partition coefficient (Wildman–Crippen LogP) is 3.94. The van der Waals surface area contributed by atoms with Gasteiger partial charge in [-0.25, -0.2) is 4.79 Å². The molecule has 0 bridgehead atoms. The van der Waals surface area contributed by atoms with E-state index < -0.39 is 39.2 Å². The minimum absolute atomic E-state index is 0.374. The average Bonchev–Trinajstić information content (AvgIpc) is 3.35. The number of rotatable bonds is 9. The van der Waals surface area contributed by atoms with Gasteiger partial charge >= 0.3 is 5.97 Å². The normalized spacial score (nSPS) is 27.2. The molecule has 2 rings (SSSR count). The van der Waals surface area contributed by atoms with Crippen molar-refractivity contribution in [1.82, 2.24) is 0 Å². The topological polar surface area (TPSA) is 88.8 Å². The second kappa shape index (κ2) is 9.10. The molecule has 0 saturated heterocycles. The number of ether oxygens (including phenoxy) is 3. The Morgan fingerprint density at radius 3 is 2.39 bits per heavy atom. The molecule has 4 atom stereocenters. The number of hydrogen-bond donors (Lipinski definition) is 1. The molecule has 6 nitrogen and oxygen atoms in total. The van der Waals surface area contributed by atoms with E-state index in [2.05, 4.69) is 10.8 Å². The number of aryl methyl sites for hydroxylation is 1. The Morgan fingerprint density at radius 2 is 1.93 bits per heavy atom. The number of carbonyl (C=O) groups is 1. The van der Waals surface area contributed by atoms with Crippen LogP contribution in [0, 0.1) is 36.3 Å². The Balaban J connectivity index is 2.51. The molecule has 0 aliphatic heterocycles. The summed E-state index contributed by atoms with van der Waals surface area (Å²) in [5.41, 5.74) is 1.01. The van der Waals surface area contributed by atoms with Crippen LogP contribution in [0.4, 0.5) is 0 Å². The van der Waals surface area contributed by atoms with Crippen LogP contribution in [-0.2, 0) is 19.0 Å². The molecule has 152 valence electrons. The van der Waals surface area contributed by atoms with E-state index in [1.165, 1.54) is 13.2 Å². The smallest absolute Gasteiger partial charge is 0.330 e. The van der Waals surface area contributed by atoms with Crippen molar-refractivity contribution >= 4 is 16.3 Å². The quantitative estimate of drug-likeness (QED) is 0.380. The third kappa shape index (κ3) is 3.96. The van der Waals surface area contributed by atoms with Crippen molar-refractivity contribution in [3.63, 3.8) is 0 Å². The van der Waals surface area contributed by atoms with Crippen molar-refractivity contribution in [1.29, 1.82) is 5.26 Å². The summed E-state index contributed by atoms with van der Waals surface area (Å²) in [5.74, 6) is -1.59. The fourth-order valence-corrected chi connectivity index (χ4v) is 5.78. The van der Waals surface area contributed by atoms with Crippen LogP contribution >= 0.6 is 10.3 Å². The molecule has 0 heterocycles. The van der Waals surface area contributed by atoms with Gasteiger partial charge in [-0.15, -0.1) is 0 Å². The second-order valence-corrected chi connectivity index (χ2v) is 8.96. The number of allylic oxidation sites excluding steroid dienone is 1. The first-order valence-corrected chi connectivity index (χ1v) is 10.8. The summed E-state index contributed by atoms with van der Waals surface area (Å²) >= 11 is 0. The van der Waals surface area contributed by atoms with E-state index in [0.29, 0.717) is 18.1 Å². The van der Waals surface area contributed by atoms with Crippen molar-refractivity contribution in [2.75, 3.05) is 20.3 Å². The van der Waals surface area contributed by atoms with Crippen LogP contribution in [0.1, 0.15) is 19.4 Å². The first kappa shape index (κ1) is 22.4. The van der Waals surface area contributed by atoms with Gasteiger partial charge < -0.3 is 18.8 Å². The fraction of sp³-hybridized carbons (Fsp3) is 0.476. The molecular weight excluding hydrogens is 378 g/mol. The first-order valence-electron chi connectivity index (χ1n) is 9.10. The molecule has 1 aliphatic carbocycles. The lowest BCUT2D eigenvalue weighted by molar-refractivity contribution is -0.150. The molecule has 7 heteroatoms. The van der Waals surface area contributed by atoms with E-state index in [0.717, 1.165) is 5.56 Å². The maximum atomic E-state index is 11.6.